The normalized spacial score (nSPS) is 18.2. The number of fused-ring (bicyclic) bond motifs is 1. The minimum absolute atomic E-state index is 0.217. The third-order valence-corrected chi connectivity index (χ3v) is 4.57. The van der Waals surface area contributed by atoms with E-state index in [-0.39, 0.29) is 12.5 Å². The summed E-state index contributed by atoms with van der Waals surface area (Å²) in [5.74, 6) is 1.08. The van der Waals surface area contributed by atoms with Crippen LogP contribution in [0.15, 0.2) is 30.5 Å². The van der Waals surface area contributed by atoms with E-state index in [4.69, 9.17) is 0 Å². The summed E-state index contributed by atoms with van der Waals surface area (Å²) >= 11 is 0. The van der Waals surface area contributed by atoms with Crippen LogP contribution in [0.4, 0.5) is 0 Å². The zero-order valence-corrected chi connectivity index (χ0v) is 11.7. The second-order valence-electron chi connectivity index (χ2n) is 6.02. The van der Waals surface area contributed by atoms with Crippen LogP contribution < -0.4 is 0 Å². The molecule has 2 heteroatoms. The molecule has 1 heterocycles. The van der Waals surface area contributed by atoms with E-state index in [1.807, 2.05) is 0 Å². The fraction of sp³-hybridized carbons (Fsp3) is 0.529. The molecule has 0 bridgehead atoms. The molecule has 0 aliphatic heterocycles. The zero-order chi connectivity index (χ0) is 13.2. The fourth-order valence-electron chi connectivity index (χ4n) is 3.24. The maximum Gasteiger partial charge on any atom is 0.0497 e. The lowest BCUT2D eigenvalue weighted by molar-refractivity contribution is 0.273. The number of aliphatic hydroxyl groups excluding tert-OH is 1. The van der Waals surface area contributed by atoms with Crippen LogP contribution in [0.1, 0.15) is 44.1 Å². The lowest BCUT2D eigenvalue weighted by atomic mass is 10.0. The summed E-state index contributed by atoms with van der Waals surface area (Å²) in [6.07, 6.45) is 7.78. The monoisotopic (exact) mass is 257 g/mol. The van der Waals surface area contributed by atoms with Crippen molar-refractivity contribution >= 4 is 10.9 Å². The Morgan fingerprint density at radius 2 is 2.05 bits per heavy atom. The highest BCUT2D eigenvalue weighted by Gasteiger charge is 2.16. The topological polar surface area (TPSA) is 25.2 Å². The molecular weight excluding hydrogens is 234 g/mol. The van der Waals surface area contributed by atoms with Crippen LogP contribution in [0.5, 0.6) is 0 Å². The van der Waals surface area contributed by atoms with E-state index >= 15 is 0 Å². The summed E-state index contributed by atoms with van der Waals surface area (Å²) in [5, 5.41) is 10.6. The van der Waals surface area contributed by atoms with Crippen LogP contribution in [-0.2, 0) is 6.54 Å². The second-order valence-corrected chi connectivity index (χ2v) is 6.02. The molecule has 0 radical (unpaired) electrons. The van der Waals surface area contributed by atoms with E-state index in [0.29, 0.717) is 0 Å². The first-order valence-electron chi connectivity index (χ1n) is 7.47. The van der Waals surface area contributed by atoms with Crippen molar-refractivity contribution < 1.29 is 5.11 Å². The number of hydrogen-bond acceptors (Lipinski definition) is 1. The molecule has 0 saturated heterocycles. The number of aliphatic hydroxyl groups is 1. The van der Waals surface area contributed by atoms with Gasteiger partial charge in [-0.15, -0.1) is 0 Å². The van der Waals surface area contributed by atoms with Gasteiger partial charge in [-0.3, -0.25) is 0 Å². The quantitative estimate of drug-likeness (QED) is 0.882. The van der Waals surface area contributed by atoms with Gasteiger partial charge >= 0.3 is 0 Å². The van der Waals surface area contributed by atoms with Crippen LogP contribution in [0.25, 0.3) is 10.9 Å². The largest absolute Gasteiger partial charge is 0.396 e. The van der Waals surface area contributed by atoms with Gasteiger partial charge in [-0.1, -0.05) is 31.9 Å². The fourth-order valence-corrected chi connectivity index (χ4v) is 3.24. The molecule has 1 aliphatic carbocycles. The van der Waals surface area contributed by atoms with Gasteiger partial charge in [-0.05, 0) is 41.8 Å². The van der Waals surface area contributed by atoms with E-state index in [1.165, 1.54) is 42.1 Å². The van der Waals surface area contributed by atoms with Crippen LogP contribution >= 0.6 is 0 Å². The minimum atomic E-state index is 0.217. The van der Waals surface area contributed by atoms with Gasteiger partial charge < -0.3 is 9.67 Å². The molecule has 1 atom stereocenters. The van der Waals surface area contributed by atoms with Gasteiger partial charge in [0.2, 0.25) is 0 Å². The van der Waals surface area contributed by atoms with Gasteiger partial charge in [0.05, 0.1) is 0 Å². The van der Waals surface area contributed by atoms with E-state index in [0.717, 1.165) is 12.5 Å². The van der Waals surface area contributed by atoms with Crippen molar-refractivity contribution in [3.63, 3.8) is 0 Å². The summed E-state index contributed by atoms with van der Waals surface area (Å²) in [7, 11) is 0. The molecule has 3 rings (SSSR count). The van der Waals surface area contributed by atoms with E-state index in [9.17, 15) is 5.11 Å². The first-order chi connectivity index (χ1) is 9.28. The Hall–Kier alpha value is -1.28. The lowest BCUT2D eigenvalue weighted by Crippen LogP contribution is -2.06. The van der Waals surface area contributed by atoms with E-state index < -0.39 is 0 Å². The minimum Gasteiger partial charge on any atom is -0.396 e. The molecule has 0 spiro atoms. The second kappa shape index (κ2) is 5.38. The first kappa shape index (κ1) is 12.7. The smallest absolute Gasteiger partial charge is 0.0497 e. The lowest BCUT2D eigenvalue weighted by Gasteiger charge is -2.13. The van der Waals surface area contributed by atoms with Crippen LogP contribution in [0, 0.1) is 5.92 Å². The summed E-state index contributed by atoms with van der Waals surface area (Å²) in [6, 6.07) is 8.79. The van der Waals surface area contributed by atoms with Gasteiger partial charge in [0.15, 0.2) is 0 Å². The molecule has 1 N–H and O–H groups in total. The number of nitrogens with zero attached hydrogens (tertiary/aromatic N) is 1. The maximum absolute atomic E-state index is 9.30. The van der Waals surface area contributed by atoms with Crippen molar-refractivity contribution in [1.82, 2.24) is 4.57 Å². The highest BCUT2D eigenvalue weighted by atomic mass is 16.3. The number of aromatic nitrogens is 1. The van der Waals surface area contributed by atoms with E-state index in [2.05, 4.69) is 42.0 Å². The Morgan fingerprint density at radius 1 is 1.26 bits per heavy atom. The Kier molecular flexibility index (Phi) is 3.61. The van der Waals surface area contributed by atoms with Crippen molar-refractivity contribution in [1.29, 1.82) is 0 Å². The van der Waals surface area contributed by atoms with Gasteiger partial charge in [-0.2, -0.15) is 0 Å². The highest BCUT2D eigenvalue weighted by Crippen LogP contribution is 2.29. The van der Waals surface area contributed by atoms with Crippen molar-refractivity contribution in [3.8, 4) is 0 Å². The van der Waals surface area contributed by atoms with Gasteiger partial charge in [0.1, 0.15) is 0 Å². The SMILES string of the molecule is CC(CO)c1ccc2ccn(CC3CCCC3)c2c1. The molecule has 0 amide bonds. The zero-order valence-electron chi connectivity index (χ0n) is 11.7. The molecular formula is C17H23NO. The summed E-state index contributed by atoms with van der Waals surface area (Å²) in [6.45, 7) is 3.45. The third-order valence-electron chi connectivity index (χ3n) is 4.57. The Balaban J connectivity index is 1.91. The number of benzene rings is 1. The molecule has 19 heavy (non-hydrogen) atoms. The van der Waals surface area contributed by atoms with Crippen LogP contribution in [0.2, 0.25) is 0 Å². The summed E-state index contributed by atoms with van der Waals surface area (Å²) in [4.78, 5) is 0. The average molecular weight is 257 g/mol. The predicted octanol–water partition coefficient (Wildman–Crippen LogP) is 3.93. The number of hydrogen-bond donors (Lipinski definition) is 1. The molecule has 1 fully saturated rings. The van der Waals surface area contributed by atoms with Crippen molar-refractivity contribution in [3.05, 3.63) is 36.0 Å². The molecule has 1 aliphatic rings. The van der Waals surface area contributed by atoms with Crippen LogP contribution in [0.3, 0.4) is 0 Å². The highest BCUT2D eigenvalue weighted by molar-refractivity contribution is 5.81. The predicted molar refractivity (Wildman–Crippen MR) is 79.4 cm³/mol. The molecule has 2 nitrogen and oxygen atoms in total. The maximum atomic E-state index is 9.30. The molecule has 2 aromatic rings. The number of rotatable bonds is 4. The molecule has 1 unspecified atom stereocenters. The van der Waals surface area contributed by atoms with Crippen molar-refractivity contribution in [2.75, 3.05) is 6.61 Å². The van der Waals surface area contributed by atoms with E-state index in [1.54, 1.807) is 0 Å². The summed E-state index contributed by atoms with van der Waals surface area (Å²) < 4.78 is 2.40. The van der Waals surface area contributed by atoms with Gasteiger partial charge in [0.25, 0.3) is 0 Å². The first-order valence-corrected chi connectivity index (χ1v) is 7.47. The van der Waals surface area contributed by atoms with Gasteiger partial charge in [-0.25, -0.2) is 0 Å². The standard InChI is InChI=1S/C17H23NO/c1-13(12-19)16-7-6-15-8-9-18(17(15)10-16)11-14-4-2-3-5-14/h6-10,13-14,19H,2-5,11-12H2,1H3. The van der Waals surface area contributed by atoms with Crippen LogP contribution in [-0.4, -0.2) is 16.3 Å². The van der Waals surface area contributed by atoms with Gasteiger partial charge in [0, 0.05) is 30.8 Å². The van der Waals surface area contributed by atoms with Crippen molar-refractivity contribution in [2.24, 2.45) is 5.92 Å². The molecule has 1 aromatic carbocycles. The Labute approximate surface area is 115 Å². The summed E-state index contributed by atoms with van der Waals surface area (Å²) in [5.41, 5.74) is 2.56. The average Bonchev–Trinajstić information content (AvgIpc) is 3.08. The molecule has 102 valence electrons. The Bertz CT molecular complexity index is 551. The van der Waals surface area contributed by atoms with Crippen molar-refractivity contribution in [2.45, 2.75) is 45.1 Å². The Morgan fingerprint density at radius 3 is 2.79 bits per heavy atom. The molecule has 1 aromatic heterocycles. The third kappa shape index (κ3) is 2.55. The molecule has 1 saturated carbocycles.